The van der Waals surface area contributed by atoms with Crippen LogP contribution in [-0.4, -0.2) is 24.8 Å². The Labute approximate surface area is 88.4 Å². The second-order valence-corrected chi connectivity index (χ2v) is 4.98. The highest BCUT2D eigenvalue weighted by atomic mass is 16.5. The van der Waals surface area contributed by atoms with Crippen LogP contribution in [0.4, 0.5) is 0 Å². The van der Waals surface area contributed by atoms with Crippen molar-refractivity contribution in [1.29, 1.82) is 0 Å². The zero-order valence-electron chi connectivity index (χ0n) is 10.1. The van der Waals surface area contributed by atoms with Crippen molar-refractivity contribution >= 4 is 0 Å². The van der Waals surface area contributed by atoms with Gasteiger partial charge in [-0.25, -0.2) is 0 Å². The Morgan fingerprint density at radius 3 is 2.79 bits per heavy atom. The van der Waals surface area contributed by atoms with E-state index < -0.39 is 0 Å². The SMILES string of the molecule is CCCCC1CNCC(C)(C(C)C)O1. The van der Waals surface area contributed by atoms with Gasteiger partial charge in [0, 0.05) is 13.1 Å². The molecule has 1 saturated heterocycles. The fraction of sp³-hybridized carbons (Fsp3) is 1.00. The molecule has 0 amide bonds. The minimum absolute atomic E-state index is 0.0384. The van der Waals surface area contributed by atoms with E-state index in [1.165, 1.54) is 19.3 Å². The van der Waals surface area contributed by atoms with Crippen LogP contribution in [0.5, 0.6) is 0 Å². The Morgan fingerprint density at radius 1 is 1.50 bits per heavy atom. The lowest BCUT2D eigenvalue weighted by atomic mass is 9.90. The standard InChI is InChI=1S/C12H25NO/c1-5-6-7-11-8-13-9-12(4,14-11)10(2)3/h10-11,13H,5-9H2,1-4H3. The summed E-state index contributed by atoms with van der Waals surface area (Å²) >= 11 is 0. The van der Waals surface area contributed by atoms with Crippen LogP contribution < -0.4 is 5.32 Å². The largest absolute Gasteiger partial charge is 0.369 e. The highest BCUT2D eigenvalue weighted by Gasteiger charge is 2.35. The van der Waals surface area contributed by atoms with E-state index in [9.17, 15) is 0 Å². The molecule has 0 radical (unpaired) electrons. The number of nitrogens with one attached hydrogen (secondary N) is 1. The number of rotatable bonds is 4. The van der Waals surface area contributed by atoms with Gasteiger partial charge in [-0.1, -0.05) is 33.6 Å². The van der Waals surface area contributed by atoms with Gasteiger partial charge in [-0.3, -0.25) is 0 Å². The lowest BCUT2D eigenvalue weighted by molar-refractivity contribution is -0.132. The molecule has 1 heterocycles. The fourth-order valence-electron chi connectivity index (χ4n) is 1.88. The molecular formula is C12H25NO. The van der Waals surface area contributed by atoms with Crippen molar-refractivity contribution in [2.24, 2.45) is 5.92 Å². The average molecular weight is 199 g/mol. The van der Waals surface area contributed by atoms with E-state index in [0.717, 1.165) is 13.1 Å². The average Bonchev–Trinajstić information content (AvgIpc) is 2.15. The predicted molar refractivity (Wildman–Crippen MR) is 60.5 cm³/mol. The first-order valence-corrected chi connectivity index (χ1v) is 5.97. The number of morpholine rings is 1. The van der Waals surface area contributed by atoms with Gasteiger partial charge < -0.3 is 10.1 Å². The maximum absolute atomic E-state index is 6.17. The maximum Gasteiger partial charge on any atom is 0.0805 e. The van der Waals surface area contributed by atoms with Crippen molar-refractivity contribution in [2.45, 2.75) is 58.7 Å². The Kier molecular flexibility index (Phi) is 4.39. The first-order valence-electron chi connectivity index (χ1n) is 5.97. The van der Waals surface area contributed by atoms with Gasteiger partial charge in [0.25, 0.3) is 0 Å². The summed E-state index contributed by atoms with van der Waals surface area (Å²) in [7, 11) is 0. The molecule has 0 aromatic carbocycles. The monoisotopic (exact) mass is 199 g/mol. The van der Waals surface area contributed by atoms with Crippen molar-refractivity contribution in [2.75, 3.05) is 13.1 Å². The summed E-state index contributed by atoms with van der Waals surface area (Å²) in [6.07, 6.45) is 4.17. The molecule has 1 N–H and O–H groups in total. The van der Waals surface area contributed by atoms with Gasteiger partial charge >= 0.3 is 0 Å². The van der Waals surface area contributed by atoms with E-state index >= 15 is 0 Å². The summed E-state index contributed by atoms with van der Waals surface area (Å²) in [4.78, 5) is 0. The number of ether oxygens (including phenoxy) is 1. The number of hydrogen-bond donors (Lipinski definition) is 1. The quantitative estimate of drug-likeness (QED) is 0.751. The molecule has 84 valence electrons. The summed E-state index contributed by atoms with van der Waals surface area (Å²) in [5, 5.41) is 3.49. The van der Waals surface area contributed by atoms with Gasteiger partial charge in [-0.2, -0.15) is 0 Å². The topological polar surface area (TPSA) is 21.3 Å². The molecule has 0 aromatic rings. The summed E-state index contributed by atoms with van der Waals surface area (Å²) in [6, 6.07) is 0. The molecule has 14 heavy (non-hydrogen) atoms. The Morgan fingerprint density at radius 2 is 2.21 bits per heavy atom. The smallest absolute Gasteiger partial charge is 0.0805 e. The molecule has 0 bridgehead atoms. The molecule has 0 aromatic heterocycles. The van der Waals surface area contributed by atoms with Crippen molar-refractivity contribution < 1.29 is 4.74 Å². The van der Waals surface area contributed by atoms with E-state index in [-0.39, 0.29) is 5.60 Å². The predicted octanol–water partition coefficient (Wildman–Crippen LogP) is 2.58. The number of unbranched alkanes of at least 4 members (excludes halogenated alkanes) is 1. The van der Waals surface area contributed by atoms with Gasteiger partial charge in [0.1, 0.15) is 0 Å². The zero-order valence-corrected chi connectivity index (χ0v) is 10.1. The second kappa shape index (κ2) is 5.13. The molecule has 1 fully saturated rings. The molecule has 2 nitrogen and oxygen atoms in total. The molecule has 1 rings (SSSR count). The molecule has 2 atom stereocenters. The minimum atomic E-state index is 0.0384. The van der Waals surface area contributed by atoms with Gasteiger partial charge in [0.2, 0.25) is 0 Å². The van der Waals surface area contributed by atoms with Crippen LogP contribution in [0.1, 0.15) is 47.0 Å². The minimum Gasteiger partial charge on any atom is -0.369 e. The highest BCUT2D eigenvalue weighted by molar-refractivity contribution is 4.87. The fourth-order valence-corrected chi connectivity index (χ4v) is 1.88. The second-order valence-electron chi connectivity index (χ2n) is 4.98. The van der Waals surface area contributed by atoms with Crippen LogP contribution in [0.25, 0.3) is 0 Å². The molecule has 0 saturated carbocycles. The molecule has 2 heteroatoms. The zero-order chi connectivity index (χ0) is 10.6. The third-order valence-corrected chi connectivity index (χ3v) is 3.38. The number of hydrogen-bond acceptors (Lipinski definition) is 2. The summed E-state index contributed by atoms with van der Waals surface area (Å²) < 4.78 is 6.17. The van der Waals surface area contributed by atoms with E-state index in [2.05, 4.69) is 33.0 Å². The highest BCUT2D eigenvalue weighted by Crippen LogP contribution is 2.26. The molecule has 0 spiro atoms. The third-order valence-electron chi connectivity index (χ3n) is 3.38. The molecule has 2 unspecified atom stereocenters. The normalized spacial score (nSPS) is 33.6. The van der Waals surface area contributed by atoms with E-state index in [1.54, 1.807) is 0 Å². The van der Waals surface area contributed by atoms with Crippen molar-refractivity contribution in [3.05, 3.63) is 0 Å². The lowest BCUT2D eigenvalue weighted by Crippen LogP contribution is -2.54. The Balaban J connectivity index is 2.42. The van der Waals surface area contributed by atoms with Crippen LogP contribution in [0.3, 0.4) is 0 Å². The van der Waals surface area contributed by atoms with Crippen molar-refractivity contribution in [3.8, 4) is 0 Å². The van der Waals surface area contributed by atoms with Crippen LogP contribution in [-0.2, 0) is 4.74 Å². The maximum atomic E-state index is 6.17. The van der Waals surface area contributed by atoms with Gasteiger partial charge in [-0.05, 0) is 19.3 Å². The van der Waals surface area contributed by atoms with Gasteiger partial charge in [-0.15, -0.1) is 0 Å². The van der Waals surface area contributed by atoms with Crippen molar-refractivity contribution in [3.63, 3.8) is 0 Å². The summed E-state index contributed by atoms with van der Waals surface area (Å²) in [5.74, 6) is 0.583. The Hall–Kier alpha value is -0.0800. The molecule has 1 aliphatic rings. The van der Waals surface area contributed by atoms with E-state index in [1.807, 2.05) is 0 Å². The third kappa shape index (κ3) is 2.96. The van der Waals surface area contributed by atoms with Crippen molar-refractivity contribution in [1.82, 2.24) is 5.32 Å². The molecule has 0 aliphatic carbocycles. The van der Waals surface area contributed by atoms with E-state index in [4.69, 9.17) is 4.74 Å². The van der Waals surface area contributed by atoms with Crippen LogP contribution in [0.2, 0.25) is 0 Å². The first-order chi connectivity index (χ1) is 6.58. The van der Waals surface area contributed by atoms with Gasteiger partial charge in [0.15, 0.2) is 0 Å². The molecule has 1 aliphatic heterocycles. The lowest BCUT2D eigenvalue weighted by Gasteiger charge is -2.42. The Bertz CT molecular complexity index is 170. The summed E-state index contributed by atoms with van der Waals surface area (Å²) in [6.45, 7) is 11.0. The van der Waals surface area contributed by atoms with Gasteiger partial charge in [0.05, 0.1) is 11.7 Å². The first kappa shape index (κ1) is 12.0. The summed E-state index contributed by atoms with van der Waals surface area (Å²) in [5.41, 5.74) is 0.0384. The van der Waals surface area contributed by atoms with Crippen LogP contribution in [0, 0.1) is 5.92 Å². The van der Waals surface area contributed by atoms with E-state index in [0.29, 0.717) is 12.0 Å². The molecular weight excluding hydrogens is 174 g/mol. The van der Waals surface area contributed by atoms with Crippen LogP contribution in [0.15, 0.2) is 0 Å². The van der Waals surface area contributed by atoms with Crippen LogP contribution >= 0.6 is 0 Å².